The van der Waals surface area contributed by atoms with Crippen LogP contribution in [0.2, 0.25) is 0 Å². The van der Waals surface area contributed by atoms with Gasteiger partial charge in [-0.05, 0) is 12.8 Å². The molecule has 4 nitrogen and oxygen atoms in total. The first kappa shape index (κ1) is 12.9. The summed E-state index contributed by atoms with van der Waals surface area (Å²) in [6.45, 7) is 4.28. The van der Waals surface area contributed by atoms with Crippen LogP contribution in [0.4, 0.5) is 0 Å². The van der Waals surface area contributed by atoms with E-state index in [-0.39, 0.29) is 0 Å². The van der Waals surface area contributed by atoms with Gasteiger partial charge in [0.05, 0.1) is 26.4 Å². The van der Waals surface area contributed by atoms with Crippen molar-refractivity contribution in [2.24, 2.45) is 5.73 Å². The van der Waals surface area contributed by atoms with Crippen molar-refractivity contribution in [2.45, 2.75) is 31.7 Å². The van der Waals surface area contributed by atoms with Gasteiger partial charge in [-0.25, -0.2) is 0 Å². The molecule has 0 heterocycles. The molecule has 0 aromatic heterocycles. The summed E-state index contributed by atoms with van der Waals surface area (Å²) in [7, 11) is 0. The van der Waals surface area contributed by atoms with Gasteiger partial charge in [-0.1, -0.05) is 12.8 Å². The average Bonchev–Trinajstić information content (AvgIpc) is 2.75. The average molecular weight is 216 g/mol. The molecule has 1 rings (SSSR count). The molecule has 0 aromatic carbocycles. The molecular weight excluding hydrogens is 192 g/mol. The Bertz CT molecular complexity index is 139. The molecule has 0 atom stereocenters. The van der Waals surface area contributed by atoms with Crippen LogP contribution in [-0.2, 0) is 9.47 Å². The largest absolute Gasteiger partial charge is 0.378 e. The van der Waals surface area contributed by atoms with E-state index in [0.717, 1.165) is 19.2 Å². The van der Waals surface area contributed by atoms with E-state index in [4.69, 9.17) is 15.2 Å². The lowest BCUT2D eigenvalue weighted by Crippen LogP contribution is -2.29. The summed E-state index contributed by atoms with van der Waals surface area (Å²) in [6.07, 6.45) is 5.43. The van der Waals surface area contributed by atoms with E-state index in [1.165, 1.54) is 25.7 Å². The van der Waals surface area contributed by atoms with Gasteiger partial charge in [-0.3, -0.25) is 0 Å². The number of hydrogen-bond donors (Lipinski definition) is 2. The van der Waals surface area contributed by atoms with Gasteiger partial charge in [-0.2, -0.15) is 0 Å². The van der Waals surface area contributed by atoms with E-state index in [1.807, 2.05) is 0 Å². The molecule has 0 unspecified atom stereocenters. The van der Waals surface area contributed by atoms with Gasteiger partial charge in [0.2, 0.25) is 0 Å². The fraction of sp³-hybridized carbons (Fsp3) is 1.00. The Morgan fingerprint density at radius 1 is 1.00 bits per heavy atom. The van der Waals surface area contributed by atoms with E-state index in [0.29, 0.717) is 26.4 Å². The van der Waals surface area contributed by atoms with E-state index in [1.54, 1.807) is 0 Å². The van der Waals surface area contributed by atoms with Crippen molar-refractivity contribution in [3.05, 3.63) is 0 Å². The first-order valence-corrected chi connectivity index (χ1v) is 6.02. The number of hydrogen-bond acceptors (Lipinski definition) is 4. The number of rotatable bonds is 9. The molecule has 0 amide bonds. The fourth-order valence-electron chi connectivity index (χ4n) is 1.87. The Kier molecular flexibility index (Phi) is 7.83. The zero-order chi connectivity index (χ0) is 10.8. The van der Waals surface area contributed by atoms with Crippen LogP contribution in [0, 0.1) is 0 Å². The lowest BCUT2D eigenvalue weighted by molar-refractivity contribution is 0.0512. The minimum atomic E-state index is 0.587. The Morgan fingerprint density at radius 2 is 1.67 bits per heavy atom. The van der Waals surface area contributed by atoms with Crippen molar-refractivity contribution >= 4 is 0 Å². The fourth-order valence-corrected chi connectivity index (χ4v) is 1.87. The molecule has 90 valence electrons. The third-order valence-corrected chi connectivity index (χ3v) is 2.67. The predicted octanol–water partition coefficient (Wildman–Crippen LogP) is 0.510. The second kappa shape index (κ2) is 9.09. The van der Waals surface area contributed by atoms with E-state index >= 15 is 0 Å². The zero-order valence-electron chi connectivity index (χ0n) is 9.54. The molecule has 4 heteroatoms. The summed E-state index contributed by atoms with van der Waals surface area (Å²) in [5, 5.41) is 3.50. The van der Waals surface area contributed by atoms with Crippen molar-refractivity contribution in [1.82, 2.24) is 5.32 Å². The van der Waals surface area contributed by atoms with Crippen LogP contribution < -0.4 is 11.1 Å². The molecule has 0 spiro atoms. The Labute approximate surface area is 92.5 Å². The molecule has 1 fully saturated rings. The van der Waals surface area contributed by atoms with Gasteiger partial charge in [-0.15, -0.1) is 0 Å². The maximum absolute atomic E-state index is 5.41. The lowest BCUT2D eigenvalue weighted by atomic mass is 10.2. The summed E-state index contributed by atoms with van der Waals surface area (Å²) < 4.78 is 10.6. The van der Waals surface area contributed by atoms with Crippen LogP contribution in [0.3, 0.4) is 0 Å². The maximum atomic E-state index is 5.41. The Balaban J connectivity index is 1.73. The van der Waals surface area contributed by atoms with Crippen molar-refractivity contribution in [1.29, 1.82) is 0 Å². The molecule has 15 heavy (non-hydrogen) atoms. The van der Waals surface area contributed by atoms with Gasteiger partial charge in [0.15, 0.2) is 0 Å². The second-order valence-corrected chi connectivity index (χ2v) is 3.95. The summed E-state index contributed by atoms with van der Waals surface area (Å²) in [4.78, 5) is 0. The molecule has 1 saturated carbocycles. The second-order valence-electron chi connectivity index (χ2n) is 3.95. The number of ether oxygens (including phenoxy) is 2. The summed E-state index contributed by atoms with van der Waals surface area (Å²) in [5.74, 6) is 0. The number of nitrogens with two attached hydrogens (primary N) is 1. The van der Waals surface area contributed by atoms with Gasteiger partial charge in [0, 0.05) is 19.1 Å². The third-order valence-electron chi connectivity index (χ3n) is 2.67. The molecule has 0 radical (unpaired) electrons. The normalized spacial score (nSPS) is 17.4. The molecule has 0 bridgehead atoms. The quantitative estimate of drug-likeness (QED) is 0.551. The highest BCUT2D eigenvalue weighted by Gasteiger charge is 2.12. The summed E-state index contributed by atoms with van der Waals surface area (Å²) in [6, 6.07) is 0.738. The molecule has 3 N–H and O–H groups in total. The topological polar surface area (TPSA) is 56.5 Å². The van der Waals surface area contributed by atoms with Crippen LogP contribution in [0.5, 0.6) is 0 Å². The van der Waals surface area contributed by atoms with E-state index in [2.05, 4.69) is 5.32 Å². The highest BCUT2D eigenvalue weighted by molar-refractivity contribution is 4.72. The van der Waals surface area contributed by atoms with Crippen LogP contribution >= 0.6 is 0 Å². The Morgan fingerprint density at radius 3 is 2.33 bits per heavy atom. The smallest absolute Gasteiger partial charge is 0.0701 e. The monoisotopic (exact) mass is 216 g/mol. The molecule has 0 aromatic rings. The van der Waals surface area contributed by atoms with Crippen molar-refractivity contribution in [3.8, 4) is 0 Å². The minimum absolute atomic E-state index is 0.587. The lowest BCUT2D eigenvalue weighted by Gasteiger charge is -2.11. The van der Waals surface area contributed by atoms with Crippen molar-refractivity contribution in [3.63, 3.8) is 0 Å². The standard InChI is InChI=1S/C11H24N2O2/c12-5-7-14-9-10-15-8-6-13-11-3-1-2-4-11/h11,13H,1-10,12H2. The van der Waals surface area contributed by atoms with Crippen LogP contribution in [0.1, 0.15) is 25.7 Å². The molecule has 0 aliphatic heterocycles. The first-order valence-electron chi connectivity index (χ1n) is 6.02. The van der Waals surface area contributed by atoms with Crippen LogP contribution in [0.15, 0.2) is 0 Å². The number of nitrogens with one attached hydrogen (secondary N) is 1. The van der Waals surface area contributed by atoms with Gasteiger partial charge >= 0.3 is 0 Å². The summed E-state index contributed by atoms with van der Waals surface area (Å²) >= 11 is 0. The molecule has 0 saturated heterocycles. The van der Waals surface area contributed by atoms with Gasteiger partial charge < -0.3 is 20.5 Å². The molecule has 1 aliphatic carbocycles. The van der Waals surface area contributed by atoms with E-state index in [9.17, 15) is 0 Å². The van der Waals surface area contributed by atoms with Crippen LogP contribution in [0.25, 0.3) is 0 Å². The zero-order valence-corrected chi connectivity index (χ0v) is 9.54. The first-order chi connectivity index (χ1) is 7.43. The van der Waals surface area contributed by atoms with Crippen LogP contribution in [-0.4, -0.2) is 45.6 Å². The Hall–Kier alpha value is -0.160. The van der Waals surface area contributed by atoms with Gasteiger partial charge in [0.1, 0.15) is 0 Å². The summed E-state index contributed by atoms with van der Waals surface area (Å²) in [5.41, 5.74) is 5.28. The molecular formula is C11H24N2O2. The minimum Gasteiger partial charge on any atom is -0.378 e. The molecule has 1 aliphatic rings. The highest BCUT2D eigenvalue weighted by atomic mass is 16.5. The SMILES string of the molecule is NCCOCCOCCNC1CCCC1. The van der Waals surface area contributed by atoms with Crippen molar-refractivity contribution < 1.29 is 9.47 Å². The predicted molar refractivity (Wildman–Crippen MR) is 61.0 cm³/mol. The third kappa shape index (κ3) is 6.84. The maximum Gasteiger partial charge on any atom is 0.0701 e. The highest BCUT2D eigenvalue weighted by Crippen LogP contribution is 2.17. The van der Waals surface area contributed by atoms with Gasteiger partial charge in [0.25, 0.3) is 0 Å². The van der Waals surface area contributed by atoms with Crippen molar-refractivity contribution in [2.75, 3.05) is 39.5 Å². The van der Waals surface area contributed by atoms with E-state index < -0.39 is 0 Å².